The molecule has 3 rings (SSSR count). The first-order chi connectivity index (χ1) is 12.8. The summed E-state index contributed by atoms with van der Waals surface area (Å²) in [6.45, 7) is 1.66. The molecule has 0 bridgehead atoms. The summed E-state index contributed by atoms with van der Waals surface area (Å²) in [5.74, 6) is -1.29. The number of hydrogen-bond donors (Lipinski definition) is 1. The number of carbonyl (C=O) groups is 2. The van der Waals surface area contributed by atoms with Crippen molar-refractivity contribution in [1.29, 1.82) is 0 Å². The van der Waals surface area contributed by atoms with Gasteiger partial charge in [0.05, 0.1) is 27.9 Å². The number of nitrogens with two attached hydrogens (primary N) is 1. The van der Waals surface area contributed by atoms with Crippen molar-refractivity contribution < 1.29 is 27.3 Å². The van der Waals surface area contributed by atoms with E-state index in [0.29, 0.717) is 10.2 Å². The lowest BCUT2D eigenvalue weighted by Gasteiger charge is -2.05. The van der Waals surface area contributed by atoms with Gasteiger partial charge >= 0.3 is 11.9 Å². The standard InChI is InChI=1S/C15H14N4O6S2/c1-2-24-13(20)8-19-10-4-3-9(27(16,22)23)7-12(10)26-15(19)18-14(21)11-5-6-17-25-11/h3-7H,2,8H2,1H3,(H2,16,22,23). The molecule has 10 nitrogen and oxygen atoms in total. The third-order valence-corrected chi connectivity index (χ3v) is 5.37. The van der Waals surface area contributed by atoms with Gasteiger partial charge in [-0.1, -0.05) is 16.5 Å². The van der Waals surface area contributed by atoms with Gasteiger partial charge in [0.1, 0.15) is 6.54 Å². The average Bonchev–Trinajstić information content (AvgIpc) is 3.23. The number of hydrogen-bond acceptors (Lipinski definition) is 8. The molecule has 12 heteroatoms. The topological polar surface area (TPSA) is 147 Å². The average molecular weight is 410 g/mol. The summed E-state index contributed by atoms with van der Waals surface area (Å²) in [5.41, 5.74) is 0.504. The largest absolute Gasteiger partial charge is 0.465 e. The minimum atomic E-state index is -3.90. The molecule has 0 atom stereocenters. The number of esters is 1. The Morgan fingerprint density at radius 1 is 1.37 bits per heavy atom. The number of thiazole rings is 1. The molecule has 0 aliphatic carbocycles. The summed E-state index contributed by atoms with van der Waals surface area (Å²) >= 11 is 1.03. The number of nitrogens with zero attached hydrogens (tertiary/aromatic N) is 3. The molecular weight excluding hydrogens is 396 g/mol. The lowest BCUT2D eigenvalue weighted by Crippen LogP contribution is -2.23. The molecule has 2 heterocycles. The Balaban J connectivity index is 2.17. The van der Waals surface area contributed by atoms with Gasteiger partial charge in [0.2, 0.25) is 15.8 Å². The molecular formula is C15H14N4O6S2. The van der Waals surface area contributed by atoms with Crippen molar-refractivity contribution in [2.45, 2.75) is 18.4 Å². The highest BCUT2D eigenvalue weighted by molar-refractivity contribution is 7.89. The van der Waals surface area contributed by atoms with E-state index in [-0.39, 0.29) is 28.6 Å². The number of rotatable bonds is 5. The number of benzene rings is 1. The van der Waals surface area contributed by atoms with Crippen molar-refractivity contribution >= 4 is 43.5 Å². The van der Waals surface area contributed by atoms with Gasteiger partial charge in [-0.2, -0.15) is 4.99 Å². The van der Waals surface area contributed by atoms with E-state index < -0.39 is 21.9 Å². The first kappa shape index (κ1) is 18.9. The van der Waals surface area contributed by atoms with E-state index in [1.807, 2.05) is 0 Å². The zero-order chi connectivity index (χ0) is 19.6. The number of aromatic nitrogens is 2. The van der Waals surface area contributed by atoms with Crippen LogP contribution >= 0.6 is 11.3 Å². The Hall–Kier alpha value is -2.83. The normalized spacial score (nSPS) is 12.4. The summed E-state index contributed by atoms with van der Waals surface area (Å²) in [6, 6.07) is 5.51. The maximum Gasteiger partial charge on any atom is 0.326 e. The molecule has 1 aromatic carbocycles. The second-order valence-corrected chi connectivity index (χ2v) is 7.81. The molecule has 0 aliphatic heterocycles. The fourth-order valence-corrected chi connectivity index (χ4v) is 3.95. The Labute approximate surface area is 156 Å². The highest BCUT2D eigenvalue weighted by Gasteiger charge is 2.16. The molecule has 0 radical (unpaired) electrons. The monoisotopic (exact) mass is 410 g/mol. The molecule has 142 valence electrons. The van der Waals surface area contributed by atoms with Crippen molar-refractivity contribution in [2.75, 3.05) is 6.61 Å². The highest BCUT2D eigenvalue weighted by atomic mass is 32.2. The van der Waals surface area contributed by atoms with Crippen molar-refractivity contribution in [1.82, 2.24) is 9.72 Å². The number of amides is 1. The molecule has 2 N–H and O–H groups in total. The van der Waals surface area contributed by atoms with Gasteiger partial charge in [0.15, 0.2) is 4.80 Å². The zero-order valence-electron chi connectivity index (χ0n) is 14.0. The summed E-state index contributed by atoms with van der Waals surface area (Å²) in [5, 5.41) is 8.60. The van der Waals surface area contributed by atoms with Crippen LogP contribution in [0.15, 0.2) is 44.9 Å². The minimum Gasteiger partial charge on any atom is -0.465 e. The quantitative estimate of drug-likeness (QED) is 0.607. The van der Waals surface area contributed by atoms with E-state index >= 15 is 0 Å². The van der Waals surface area contributed by atoms with Gasteiger partial charge < -0.3 is 13.8 Å². The molecule has 0 fully saturated rings. The Bertz CT molecular complexity index is 1170. The van der Waals surface area contributed by atoms with E-state index in [9.17, 15) is 18.0 Å². The van der Waals surface area contributed by atoms with E-state index in [0.717, 1.165) is 11.3 Å². The summed E-state index contributed by atoms with van der Waals surface area (Å²) < 4.78 is 34.8. The minimum absolute atomic E-state index is 0.0691. The predicted molar refractivity (Wildman–Crippen MR) is 94.2 cm³/mol. The summed E-state index contributed by atoms with van der Waals surface area (Å²) in [6.07, 6.45) is 1.30. The third-order valence-electron chi connectivity index (χ3n) is 3.42. The fourth-order valence-electron chi connectivity index (χ4n) is 2.27. The molecule has 0 saturated carbocycles. The molecule has 0 aliphatic rings. The summed E-state index contributed by atoms with van der Waals surface area (Å²) in [7, 11) is -3.90. The maximum absolute atomic E-state index is 12.2. The van der Waals surface area contributed by atoms with Crippen LogP contribution in [0.3, 0.4) is 0 Å². The maximum atomic E-state index is 12.2. The molecule has 0 unspecified atom stereocenters. The second kappa shape index (κ2) is 7.42. The molecule has 27 heavy (non-hydrogen) atoms. The van der Waals surface area contributed by atoms with Crippen LogP contribution in [0.5, 0.6) is 0 Å². The number of primary sulfonamides is 1. The SMILES string of the molecule is CCOC(=O)Cn1c(=NC(=O)c2ccno2)sc2cc(S(N)(=O)=O)ccc21. The van der Waals surface area contributed by atoms with Gasteiger partial charge in [0, 0.05) is 6.07 Å². The van der Waals surface area contributed by atoms with E-state index in [2.05, 4.69) is 10.1 Å². The van der Waals surface area contributed by atoms with E-state index in [4.69, 9.17) is 14.4 Å². The molecule has 0 spiro atoms. The van der Waals surface area contributed by atoms with Gasteiger partial charge in [-0.15, -0.1) is 0 Å². The van der Waals surface area contributed by atoms with E-state index in [1.165, 1.54) is 35.0 Å². The second-order valence-electron chi connectivity index (χ2n) is 5.24. The van der Waals surface area contributed by atoms with Crippen molar-refractivity contribution in [3.05, 3.63) is 41.0 Å². The van der Waals surface area contributed by atoms with Gasteiger partial charge in [-0.25, -0.2) is 13.6 Å². The van der Waals surface area contributed by atoms with Gasteiger partial charge in [-0.3, -0.25) is 9.59 Å². The first-order valence-electron chi connectivity index (χ1n) is 7.61. The smallest absolute Gasteiger partial charge is 0.326 e. The van der Waals surface area contributed by atoms with Crippen LogP contribution in [0.1, 0.15) is 17.5 Å². The summed E-state index contributed by atoms with van der Waals surface area (Å²) in [4.78, 5) is 28.2. The predicted octanol–water partition coefficient (Wildman–Crippen LogP) is 0.642. The van der Waals surface area contributed by atoms with Crippen LogP contribution in [-0.2, 0) is 26.1 Å². The molecule has 3 aromatic rings. The lowest BCUT2D eigenvalue weighted by molar-refractivity contribution is -0.143. The van der Waals surface area contributed by atoms with Crippen molar-refractivity contribution in [3.63, 3.8) is 0 Å². The van der Waals surface area contributed by atoms with Crippen LogP contribution in [0, 0.1) is 0 Å². The zero-order valence-corrected chi connectivity index (χ0v) is 15.6. The highest BCUT2D eigenvalue weighted by Crippen LogP contribution is 2.21. The Kier molecular flexibility index (Phi) is 5.21. The molecule has 0 saturated heterocycles. The van der Waals surface area contributed by atoms with Crippen LogP contribution in [-0.4, -0.2) is 36.6 Å². The fraction of sp³-hybridized carbons (Fsp3) is 0.200. The van der Waals surface area contributed by atoms with Crippen molar-refractivity contribution in [2.24, 2.45) is 10.1 Å². The number of ether oxygens (including phenoxy) is 1. The van der Waals surface area contributed by atoms with Crippen LogP contribution in [0.2, 0.25) is 0 Å². The molecule has 1 amide bonds. The van der Waals surface area contributed by atoms with Crippen LogP contribution in [0.25, 0.3) is 10.2 Å². The van der Waals surface area contributed by atoms with Crippen LogP contribution < -0.4 is 9.94 Å². The van der Waals surface area contributed by atoms with Crippen molar-refractivity contribution in [3.8, 4) is 0 Å². The lowest BCUT2D eigenvalue weighted by atomic mass is 10.3. The molecule has 2 aromatic heterocycles. The van der Waals surface area contributed by atoms with Crippen LogP contribution in [0.4, 0.5) is 0 Å². The first-order valence-corrected chi connectivity index (χ1v) is 9.97. The number of carbonyl (C=O) groups excluding carboxylic acids is 2. The third kappa shape index (κ3) is 4.13. The van der Waals surface area contributed by atoms with Gasteiger partial charge in [0.25, 0.3) is 0 Å². The van der Waals surface area contributed by atoms with E-state index in [1.54, 1.807) is 6.92 Å². The Morgan fingerprint density at radius 3 is 2.78 bits per heavy atom. The number of sulfonamides is 1. The Morgan fingerprint density at radius 2 is 2.15 bits per heavy atom. The van der Waals surface area contributed by atoms with Gasteiger partial charge in [-0.05, 0) is 25.1 Å². The number of fused-ring (bicyclic) bond motifs is 1.